The number of nitrogens with zero attached hydrogens (tertiary/aromatic N) is 2. The van der Waals surface area contributed by atoms with E-state index in [9.17, 15) is 0 Å². The number of piperidine rings is 1. The predicted molar refractivity (Wildman–Crippen MR) is 139 cm³/mol. The minimum Gasteiger partial charge on any atom is -0.493 e. The van der Waals surface area contributed by atoms with Crippen LogP contribution in [0.4, 0.5) is 0 Å². The molecule has 0 atom stereocenters. The Morgan fingerprint density at radius 2 is 1.77 bits per heavy atom. The first-order valence-electron chi connectivity index (χ1n) is 11.1. The van der Waals surface area contributed by atoms with Crippen LogP contribution in [-0.4, -0.2) is 71.5 Å². The largest absolute Gasteiger partial charge is 0.493 e. The predicted octanol–water partition coefficient (Wildman–Crippen LogP) is 3.55. The number of halogens is 1. The van der Waals surface area contributed by atoms with Crippen LogP contribution >= 0.6 is 24.0 Å². The van der Waals surface area contributed by atoms with E-state index < -0.39 is 0 Å². The third-order valence-corrected chi connectivity index (χ3v) is 5.60. The molecule has 0 amide bonds. The topological polar surface area (TPSA) is 67.4 Å². The molecule has 7 nitrogen and oxygen atoms in total. The lowest BCUT2D eigenvalue weighted by atomic mass is 9.99. The molecule has 1 aromatic rings. The summed E-state index contributed by atoms with van der Waals surface area (Å²) in [4.78, 5) is 7.31. The van der Waals surface area contributed by atoms with Crippen LogP contribution < -0.4 is 24.8 Å². The van der Waals surface area contributed by atoms with Crippen LogP contribution in [0.25, 0.3) is 0 Å². The van der Waals surface area contributed by atoms with Gasteiger partial charge in [0.05, 0.1) is 21.3 Å². The molecule has 1 saturated heterocycles. The molecule has 1 aliphatic heterocycles. The number of likely N-dealkylation sites (tertiary alicyclic amines) is 1. The molecule has 178 valence electrons. The van der Waals surface area contributed by atoms with Gasteiger partial charge in [0, 0.05) is 25.2 Å². The first-order chi connectivity index (χ1) is 14.6. The van der Waals surface area contributed by atoms with Crippen molar-refractivity contribution in [2.24, 2.45) is 10.9 Å². The van der Waals surface area contributed by atoms with Gasteiger partial charge in [-0.15, -0.1) is 24.0 Å². The smallest absolute Gasteiger partial charge is 0.203 e. The molecule has 0 unspecified atom stereocenters. The van der Waals surface area contributed by atoms with Crippen LogP contribution in [0.5, 0.6) is 17.2 Å². The highest BCUT2D eigenvalue weighted by molar-refractivity contribution is 14.0. The second kappa shape index (κ2) is 15.4. The minimum absolute atomic E-state index is 0. The van der Waals surface area contributed by atoms with Crippen LogP contribution in [0.3, 0.4) is 0 Å². The van der Waals surface area contributed by atoms with Crippen molar-refractivity contribution >= 4 is 29.9 Å². The minimum atomic E-state index is 0. The second-order valence-electron chi connectivity index (χ2n) is 7.81. The number of guanidine groups is 1. The number of benzene rings is 1. The highest BCUT2D eigenvalue weighted by atomic mass is 127. The van der Waals surface area contributed by atoms with Gasteiger partial charge in [0.25, 0.3) is 0 Å². The van der Waals surface area contributed by atoms with E-state index in [4.69, 9.17) is 19.2 Å². The van der Waals surface area contributed by atoms with Crippen molar-refractivity contribution in [1.29, 1.82) is 0 Å². The van der Waals surface area contributed by atoms with Crippen molar-refractivity contribution in [1.82, 2.24) is 15.5 Å². The van der Waals surface area contributed by atoms with Gasteiger partial charge in [0.1, 0.15) is 0 Å². The van der Waals surface area contributed by atoms with E-state index in [1.54, 1.807) is 21.3 Å². The van der Waals surface area contributed by atoms with Crippen molar-refractivity contribution in [3.8, 4) is 17.2 Å². The summed E-state index contributed by atoms with van der Waals surface area (Å²) in [6, 6.07) is 3.93. The molecule has 1 aliphatic rings. The second-order valence-corrected chi connectivity index (χ2v) is 7.81. The van der Waals surface area contributed by atoms with Gasteiger partial charge >= 0.3 is 0 Å². The van der Waals surface area contributed by atoms with Gasteiger partial charge in [0.2, 0.25) is 5.75 Å². The average Bonchev–Trinajstić information content (AvgIpc) is 2.77. The molecular formula is C23H41IN4O3. The number of methoxy groups -OCH3 is 3. The molecule has 0 radical (unpaired) electrons. The molecule has 8 heteroatoms. The molecule has 2 N–H and O–H groups in total. The van der Waals surface area contributed by atoms with Gasteiger partial charge in [0.15, 0.2) is 17.5 Å². The molecule has 0 saturated carbocycles. The number of rotatable bonds is 11. The number of nitrogens with one attached hydrogen (secondary N) is 2. The Bertz CT molecular complexity index is 664. The molecule has 1 aromatic carbocycles. The summed E-state index contributed by atoms with van der Waals surface area (Å²) in [6.45, 7) is 10.5. The SMILES string of the molecule is CCNC(=NCCCN1CCC(C)CC1)NCCc1ccc(OC)c(OC)c1OC.I. The standard InChI is InChI=1S/C23H40N4O3.HI/c1-6-24-23(25-13-7-15-27-16-11-18(2)12-17-27)26-14-10-19-8-9-20(28-3)22(30-5)21(19)29-4;/h8-9,18H,6-7,10-17H2,1-5H3,(H2,24,25,26);1H. The number of ether oxygens (including phenoxy) is 3. The van der Waals surface area contributed by atoms with Gasteiger partial charge in [-0.2, -0.15) is 0 Å². The van der Waals surface area contributed by atoms with Crippen molar-refractivity contribution in [3.63, 3.8) is 0 Å². The zero-order chi connectivity index (χ0) is 21.8. The maximum absolute atomic E-state index is 5.58. The molecule has 31 heavy (non-hydrogen) atoms. The Labute approximate surface area is 205 Å². The summed E-state index contributed by atoms with van der Waals surface area (Å²) < 4.78 is 16.4. The molecule has 0 spiro atoms. The fraction of sp³-hybridized carbons (Fsp3) is 0.696. The Hall–Kier alpha value is -1.42. The van der Waals surface area contributed by atoms with E-state index in [1.165, 1.54) is 25.9 Å². The van der Waals surface area contributed by atoms with Crippen LogP contribution in [-0.2, 0) is 6.42 Å². The Kier molecular flexibility index (Phi) is 13.7. The summed E-state index contributed by atoms with van der Waals surface area (Å²) in [7, 11) is 4.91. The zero-order valence-electron chi connectivity index (χ0n) is 19.8. The lowest BCUT2D eigenvalue weighted by Gasteiger charge is -2.29. The van der Waals surface area contributed by atoms with E-state index in [2.05, 4.69) is 29.4 Å². The number of hydrogen-bond acceptors (Lipinski definition) is 5. The van der Waals surface area contributed by atoms with Gasteiger partial charge < -0.3 is 29.7 Å². The van der Waals surface area contributed by atoms with E-state index >= 15 is 0 Å². The normalized spacial score (nSPS) is 15.2. The van der Waals surface area contributed by atoms with Crippen LogP contribution in [0, 0.1) is 5.92 Å². The van der Waals surface area contributed by atoms with E-state index in [1.807, 2.05) is 12.1 Å². The zero-order valence-corrected chi connectivity index (χ0v) is 22.2. The lowest BCUT2D eigenvalue weighted by molar-refractivity contribution is 0.192. The van der Waals surface area contributed by atoms with Gasteiger partial charge in [-0.25, -0.2) is 0 Å². The fourth-order valence-corrected chi connectivity index (χ4v) is 3.79. The highest BCUT2D eigenvalue weighted by Crippen LogP contribution is 2.39. The molecule has 1 fully saturated rings. The monoisotopic (exact) mass is 548 g/mol. The molecular weight excluding hydrogens is 507 g/mol. The van der Waals surface area contributed by atoms with Crippen LogP contribution in [0.1, 0.15) is 38.7 Å². The average molecular weight is 549 g/mol. The maximum Gasteiger partial charge on any atom is 0.203 e. The maximum atomic E-state index is 5.58. The first kappa shape index (κ1) is 27.6. The summed E-state index contributed by atoms with van der Waals surface area (Å²) in [5.41, 5.74) is 1.07. The highest BCUT2D eigenvalue weighted by Gasteiger charge is 2.16. The van der Waals surface area contributed by atoms with Crippen molar-refractivity contribution in [3.05, 3.63) is 17.7 Å². The van der Waals surface area contributed by atoms with Crippen molar-refractivity contribution in [2.75, 3.05) is 60.6 Å². The fourth-order valence-electron chi connectivity index (χ4n) is 3.79. The number of aliphatic imine (C=N–C) groups is 1. The number of hydrogen-bond donors (Lipinski definition) is 2. The summed E-state index contributed by atoms with van der Waals surface area (Å²) in [5, 5.41) is 6.76. The lowest BCUT2D eigenvalue weighted by Crippen LogP contribution is -2.38. The van der Waals surface area contributed by atoms with Crippen molar-refractivity contribution in [2.45, 2.75) is 39.5 Å². The molecule has 1 heterocycles. The third-order valence-electron chi connectivity index (χ3n) is 5.60. The Morgan fingerprint density at radius 3 is 2.39 bits per heavy atom. The van der Waals surface area contributed by atoms with Crippen LogP contribution in [0.2, 0.25) is 0 Å². The molecule has 0 aliphatic carbocycles. The van der Waals surface area contributed by atoms with E-state index in [0.717, 1.165) is 62.2 Å². The molecule has 2 rings (SSSR count). The van der Waals surface area contributed by atoms with Gasteiger partial charge in [-0.05, 0) is 64.2 Å². The summed E-state index contributed by atoms with van der Waals surface area (Å²) in [6.07, 6.45) is 4.54. The third kappa shape index (κ3) is 8.92. The van der Waals surface area contributed by atoms with E-state index in [0.29, 0.717) is 11.5 Å². The molecule has 0 aromatic heterocycles. The first-order valence-corrected chi connectivity index (χ1v) is 11.1. The van der Waals surface area contributed by atoms with Gasteiger partial charge in [-0.1, -0.05) is 13.0 Å². The quantitative estimate of drug-likeness (QED) is 0.191. The summed E-state index contributed by atoms with van der Waals surface area (Å²) >= 11 is 0. The Balaban J connectivity index is 0.00000480. The van der Waals surface area contributed by atoms with Gasteiger partial charge in [-0.3, -0.25) is 4.99 Å². The molecule has 0 bridgehead atoms. The van der Waals surface area contributed by atoms with Crippen LogP contribution in [0.15, 0.2) is 17.1 Å². The Morgan fingerprint density at radius 1 is 1.06 bits per heavy atom. The summed E-state index contributed by atoms with van der Waals surface area (Å²) in [5.74, 6) is 3.77. The van der Waals surface area contributed by atoms with E-state index in [-0.39, 0.29) is 24.0 Å². The van der Waals surface area contributed by atoms with Crippen molar-refractivity contribution < 1.29 is 14.2 Å².